The largest absolute Gasteiger partial charge is 0.469 e. The van der Waals surface area contributed by atoms with Crippen LogP contribution in [-0.2, 0) is 17.6 Å². The molecule has 1 aliphatic heterocycles. The van der Waals surface area contributed by atoms with Gasteiger partial charge < -0.3 is 9.32 Å². The summed E-state index contributed by atoms with van der Waals surface area (Å²) < 4.78 is 5.28. The van der Waals surface area contributed by atoms with Crippen LogP contribution in [0.5, 0.6) is 0 Å². The van der Waals surface area contributed by atoms with Gasteiger partial charge in [0, 0.05) is 25.9 Å². The Kier molecular flexibility index (Phi) is 4.94. The molecule has 0 N–H and O–H groups in total. The highest BCUT2D eigenvalue weighted by molar-refractivity contribution is 5.76. The molecule has 2 aromatic rings. The normalized spacial score (nSPS) is 15.9. The average Bonchev–Trinajstić information content (AvgIpc) is 3.08. The molecule has 3 nitrogen and oxygen atoms in total. The molecule has 0 unspecified atom stereocenters. The zero-order chi connectivity index (χ0) is 15.2. The van der Waals surface area contributed by atoms with Gasteiger partial charge in [0.05, 0.1) is 6.26 Å². The number of hydrogen-bond acceptors (Lipinski definition) is 2. The first kappa shape index (κ1) is 14.9. The molecule has 1 aromatic carbocycles. The second-order valence-electron chi connectivity index (χ2n) is 6.09. The summed E-state index contributed by atoms with van der Waals surface area (Å²) >= 11 is 0. The van der Waals surface area contributed by atoms with E-state index in [1.54, 1.807) is 6.26 Å². The minimum atomic E-state index is 0.259. The van der Waals surface area contributed by atoms with E-state index in [0.29, 0.717) is 18.8 Å². The lowest BCUT2D eigenvalue weighted by molar-refractivity contribution is -0.132. The van der Waals surface area contributed by atoms with E-state index in [1.807, 2.05) is 17.0 Å². The van der Waals surface area contributed by atoms with Crippen molar-refractivity contribution in [2.75, 3.05) is 13.1 Å². The number of piperidine rings is 1. The fourth-order valence-electron chi connectivity index (χ4n) is 3.18. The lowest BCUT2D eigenvalue weighted by Gasteiger charge is -2.32. The van der Waals surface area contributed by atoms with E-state index in [1.165, 1.54) is 5.56 Å². The minimum absolute atomic E-state index is 0.259. The molecule has 3 rings (SSSR count). The van der Waals surface area contributed by atoms with E-state index in [9.17, 15) is 4.79 Å². The first-order chi connectivity index (χ1) is 10.8. The van der Waals surface area contributed by atoms with Gasteiger partial charge in [-0.1, -0.05) is 30.3 Å². The summed E-state index contributed by atoms with van der Waals surface area (Å²) in [6, 6.07) is 14.4. The Hall–Kier alpha value is -2.03. The summed E-state index contributed by atoms with van der Waals surface area (Å²) in [6.45, 7) is 1.79. The monoisotopic (exact) mass is 297 g/mol. The van der Waals surface area contributed by atoms with Gasteiger partial charge in [-0.05, 0) is 42.9 Å². The summed E-state index contributed by atoms with van der Waals surface area (Å²) in [5, 5.41) is 0. The van der Waals surface area contributed by atoms with Crippen molar-refractivity contribution in [1.82, 2.24) is 4.90 Å². The summed E-state index contributed by atoms with van der Waals surface area (Å²) in [5.74, 6) is 1.86. The highest BCUT2D eigenvalue weighted by atomic mass is 16.3. The van der Waals surface area contributed by atoms with Crippen LogP contribution in [0.15, 0.2) is 53.1 Å². The Morgan fingerprint density at radius 3 is 2.55 bits per heavy atom. The molecule has 0 bridgehead atoms. The first-order valence-electron chi connectivity index (χ1n) is 8.15. The van der Waals surface area contributed by atoms with Gasteiger partial charge in [-0.3, -0.25) is 4.79 Å². The van der Waals surface area contributed by atoms with Crippen molar-refractivity contribution in [1.29, 1.82) is 0 Å². The van der Waals surface area contributed by atoms with Gasteiger partial charge in [0.25, 0.3) is 0 Å². The fourth-order valence-corrected chi connectivity index (χ4v) is 3.18. The molecule has 116 valence electrons. The Bertz CT molecular complexity index is 569. The van der Waals surface area contributed by atoms with Crippen molar-refractivity contribution in [3.05, 3.63) is 60.1 Å². The molecule has 0 aliphatic carbocycles. The van der Waals surface area contributed by atoms with Gasteiger partial charge >= 0.3 is 0 Å². The van der Waals surface area contributed by atoms with E-state index in [4.69, 9.17) is 4.42 Å². The van der Waals surface area contributed by atoms with Gasteiger partial charge in [-0.15, -0.1) is 0 Å². The zero-order valence-electron chi connectivity index (χ0n) is 12.9. The van der Waals surface area contributed by atoms with E-state index in [2.05, 4.69) is 30.3 Å². The van der Waals surface area contributed by atoms with Crippen LogP contribution in [0.2, 0.25) is 0 Å². The van der Waals surface area contributed by atoms with Crippen LogP contribution >= 0.6 is 0 Å². The standard InChI is InChI=1S/C19H23NO2/c21-19(9-8-18-7-4-14-22-18)20-12-10-17(11-13-20)15-16-5-2-1-3-6-16/h1-7,14,17H,8-13,15H2. The van der Waals surface area contributed by atoms with Crippen molar-refractivity contribution < 1.29 is 9.21 Å². The zero-order valence-corrected chi connectivity index (χ0v) is 12.9. The maximum Gasteiger partial charge on any atom is 0.223 e. The predicted octanol–water partition coefficient (Wildman–Crippen LogP) is 3.69. The Labute approximate surface area is 131 Å². The van der Waals surface area contributed by atoms with Crippen molar-refractivity contribution in [2.24, 2.45) is 5.92 Å². The van der Waals surface area contributed by atoms with E-state index < -0.39 is 0 Å². The van der Waals surface area contributed by atoms with E-state index in [-0.39, 0.29) is 5.91 Å². The number of amides is 1. The number of hydrogen-bond donors (Lipinski definition) is 0. The molecule has 1 amide bonds. The maximum atomic E-state index is 12.2. The van der Waals surface area contributed by atoms with Crippen molar-refractivity contribution in [3.8, 4) is 0 Å². The number of rotatable bonds is 5. The number of furan rings is 1. The lowest BCUT2D eigenvalue weighted by atomic mass is 9.90. The Morgan fingerprint density at radius 1 is 1.09 bits per heavy atom. The molecule has 1 aromatic heterocycles. The van der Waals surface area contributed by atoms with Crippen LogP contribution in [0, 0.1) is 5.92 Å². The third kappa shape index (κ3) is 4.00. The molecule has 22 heavy (non-hydrogen) atoms. The molecule has 0 radical (unpaired) electrons. The number of carbonyl (C=O) groups excluding carboxylic acids is 1. The van der Waals surface area contributed by atoms with Crippen LogP contribution < -0.4 is 0 Å². The molecular formula is C19H23NO2. The van der Waals surface area contributed by atoms with Crippen LogP contribution in [-0.4, -0.2) is 23.9 Å². The summed E-state index contributed by atoms with van der Waals surface area (Å²) in [4.78, 5) is 14.3. The van der Waals surface area contributed by atoms with E-state index in [0.717, 1.165) is 38.1 Å². The SMILES string of the molecule is O=C(CCc1ccco1)N1CCC(Cc2ccccc2)CC1. The highest BCUT2D eigenvalue weighted by Crippen LogP contribution is 2.22. The van der Waals surface area contributed by atoms with Crippen LogP contribution in [0.25, 0.3) is 0 Å². The molecule has 2 heterocycles. The Balaban J connectivity index is 1.42. The molecule has 0 saturated carbocycles. The molecule has 1 saturated heterocycles. The van der Waals surface area contributed by atoms with Gasteiger partial charge in [0.15, 0.2) is 0 Å². The average molecular weight is 297 g/mol. The van der Waals surface area contributed by atoms with Crippen LogP contribution in [0.3, 0.4) is 0 Å². The molecular weight excluding hydrogens is 274 g/mol. The van der Waals surface area contributed by atoms with Crippen LogP contribution in [0.1, 0.15) is 30.6 Å². The number of benzene rings is 1. The molecule has 3 heteroatoms. The maximum absolute atomic E-state index is 12.2. The second-order valence-corrected chi connectivity index (χ2v) is 6.09. The number of nitrogens with zero attached hydrogens (tertiary/aromatic N) is 1. The topological polar surface area (TPSA) is 33.5 Å². The van der Waals surface area contributed by atoms with Crippen LogP contribution in [0.4, 0.5) is 0 Å². The quantitative estimate of drug-likeness (QED) is 0.843. The molecule has 1 fully saturated rings. The van der Waals surface area contributed by atoms with Gasteiger partial charge in [-0.2, -0.15) is 0 Å². The fraction of sp³-hybridized carbons (Fsp3) is 0.421. The van der Waals surface area contributed by atoms with Gasteiger partial charge in [0.1, 0.15) is 5.76 Å². The van der Waals surface area contributed by atoms with Gasteiger partial charge in [-0.25, -0.2) is 0 Å². The Morgan fingerprint density at radius 2 is 1.86 bits per heavy atom. The summed E-state index contributed by atoms with van der Waals surface area (Å²) in [5.41, 5.74) is 1.41. The van der Waals surface area contributed by atoms with E-state index >= 15 is 0 Å². The number of likely N-dealkylation sites (tertiary alicyclic amines) is 1. The first-order valence-corrected chi connectivity index (χ1v) is 8.15. The van der Waals surface area contributed by atoms with Gasteiger partial charge in [0.2, 0.25) is 5.91 Å². The highest BCUT2D eigenvalue weighted by Gasteiger charge is 2.22. The van der Waals surface area contributed by atoms with Crippen molar-refractivity contribution in [2.45, 2.75) is 32.1 Å². The van der Waals surface area contributed by atoms with Crippen molar-refractivity contribution in [3.63, 3.8) is 0 Å². The number of carbonyl (C=O) groups is 1. The molecule has 1 aliphatic rings. The summed E-state index contributed by atoms with van der Waals surface area (Å²) in [7, 11) is 0. The second kappa shape index (κ2) is 7.30. The minimum Gasteiger partial charge on any atom is -0.469 e. The molecule has 0 spiro atoms. The number of aryl methyl sites for hydroxylation is 1. The predicted molar refractivity (Wildman–Crippen MR) is 86.5 cm³/mol. The molecule has 0 atom stereocenters. The third-order valence-corrected chi connectivity index (χ3v) is 4.50. The van der Waals surface area contributed by atoms with Crippen molar-refractivity contribution >= 4 is 5.91 Å². The summed E-state index contributed by atoms with van der Waals surface area (Å²) in [6.07, 6.45) is 6.28. The lowest BCUT2D eigenvalue weighted by Crippen LogP contribution is -2.39. The third-order valence-electron chi connectivity index (χ3n) is 4.50. The smallest absolute Gasteiger partial charge is 0.223 e.